The summed E-state index contributed by atoms with van der Waals surface area (Å²) in [4.78, 5) is 16.5. The average Bonchev–Trinajstić information content (AvgIpc) is 2.63. The molecule has 0 unspecified atom stereocenters. The molecule has 27 heavy (non-hydrogen) atoms. The zero-order valence-corrected chi connectivity index (χ0v) is 16.6. The van der Waals surface area contributed by atoms with Crippen molar-refractivity contribution in [2.45, 2.75) is 4.90 Å². The number of nitrogens with one attached hydrogen (secondary N) is 2. The highest BCUT2D eigenvalue weighted by atomic mass is 35.5. The van der Waals surface area contributed by atoms with E-state index in [9.17, 15) is 9.18 Å². The number of carbonyl (C=O) groups is 1. The molecule has 0 atom stereocenters. The van der Waals surface area contributed by atoms with Crippen LogP contribution in [-0.2, 0) is 0 Å². The van der Waals surface area contributed by atoms with Crippen molar-refractivity contribution in [1.29, 1.82) is 0 Å². The fraction of sp³-hybridized carbons (Fsp3) is 0. The Morgan fingerprint density at radius 3 is 2.41 bits per heavy atom. The second-order valence-electron chi connectivity index (χ2n) is 5.30. The summed E-state index contributed by atoms with van der Waals surface area (Å²) in [6.45, 7) is 0. The molecular formula is C18H11Cl3FN3OS. The summed E-state index contributed by atoms with van der Waals surface area (Å²) < 4.78 is 17.1. The molecule has 3 aromatic rings. The molecule has 0 spiro atoms. The first-order valence-electron chi connectivity index (χ1n) is 7.53. The summed E-state index contributed by atoms with van der Waals surface area (Å²) in [5, 5.41) is 3.63. The summed E-state index contributed by atoms with van der Waals surface area (Å²) in [6, 6.07) is 12.6. The Morgan fingerprint density at radius 2 is 1.70 bits per heavy atom. The molecule has 1 amide bonds. The fourth-order valence-corrected chi connectivity index (χ4v) is 3.36. The van der Waals surface area contributed by atoms with Gasteiger partial charge >= 0.3 is 0 Å². The van der Waals surface area contributed by atoms with Crippen LogP contribution in [0, 0.1) is 5.82 Å². The first-order chi connectivity index (χ1) is 12.9. The SMILES string of the molecule is O=C(Nc1ccc(F)c(SNc2ccc(Cl)cc2)c1)c1cnc(Cl)cc1Cl. The lowest BCUT2D eigenvalue weighted by atomic mass is 10.2. The zero-order valence-electron chi connectivity index (χ0n) is 13.5. The second kappa shape index (κ2) is 8.80. The first-order valence-corrected chi connectivity index (χ1v) is 9.48. The molecule has 0 radical (unpaired) electrons. The predicted octanol–water partition coefficient (Wildman–Crippen LogP) is 6.55. The lowest BCUT2D eigenvalue weighted by Crippen LogP contribution is -2.13. The van der Waals surface area contributed by atoms with E-state index in [4.69, 9.17) is 34.8 Å². The van der Waals surface area contributed by atoms with Gasteiger partial charge in [0, 0.05) is 22.6 Å². The van der Waals surface area contributed by atoms with Crippen molar-refractivity contribution in [3.05, 3.63) is 81.3 Å². The van der Waals surface area contributed by atoms with Crippen LogP contribution in [0.4, 0.5) is 15.8 Å². The number of rotatable bonds is 5. The monoisotopic (exact) mass is 441 g/mol. The molecule has 2 aromatic carbocycles. The van der Waals surface area contributed by atoms with E-state index in [2.05, 4.69) is 15.0 Å². The van der Waals surface area contributed by atoms with Crippen LogP contribution in [0.3, 0.4) is 0 Å². The van der Waals surface area contributed by atoms with Crippen LogP contribution in [0.5, 0.6) is 0 Å². The minimum atomic E-state index is -0.475. The number of aromatic nitrogens is 1. The van der Waals surface area contributed by atoms with Crippen LogP contribution in [0.2, 0.25) is 15.2 Å². The average molecular weight is 443 g/mol. The van der Waals surface area contributed by atoms with Gasteiger partial charge in [-0.2, -0.15) is 0 Å². The van der Waals surface area contributed by atoms with Gasteiger partial charge in [-0.1, -0.05) is 34.8 Å². The van der Waals surface area contributed by atoms with Crippen LogP contribution in [0.15, 0.2) is 59.6 Å². The number of anilines is 2. The zero-order chi connectivity index (χ0) is 19.4. The number of nitrogens with zero attached hydrogens (tertiary/aromatic N) is 1. The van der Waals surface area contributed by atoms with Gasteiger partial charge in [-0.05, 0) is 60.5 Å². The topological polar surface area (TPSA) is 54.0 Å². The lowest BCUT2D eigenvalue weighted by molar-refractivity contribution is 0.102. The molecule has 0 bridgehead atoms. The molecule has 0 saturated carbocycles. The second-order valence-corrected chi connectivity index (χ2v) is 7.38. The van der Waals surface area contributed by atoms with Crippen molar-refractivity contribution in [2.75, 3.05) is 10.0 Å². The highest BCUT2D eigenvalue weighted by Crippen LogP contribution is 2.28. The van der Waals surface area contributed by atoms with Crippen molar-refractivity contribution < 1.29 is 9.18 Å². The Hall–Kier alpha value is -1.99. The smallest absolute Gasteiger partial charge is 0.258 e. The molecule has 1 aromatic heterocycles. The maximum Gasteiger partial charge on any atom is 0.258 e. The van der Waals surface area contributed by atoms with Gasteiger partial charge in [0.2, 0.25) is 0 Å². The highest BCUT2D eigenvalue weighted by Gasteiger charge is 2.13. The number of hydrogen-bond donors (Lipinski definition) is 2. The summed E-state index contributed by atoms with van der Waals surface area (Å²) in [7, 11) is 0. The van der Waals surface area contributed by atoms with E-state index >= 15 is 0 Å². The molecule has 4 nitrogen and oxygen atoms in total. The van der Waals surface area contributed by atoms with Gasteiger partial charge in [0.25, 0.3) is 5.91 Å². The molecular weight excluding hydrogens is 432 g/mol. The Bertz CT molecular complexity index is 986. The molecule has 2 N–H and O–H groups in total. The van der Waals surface area contributed by atoms with Gasteiger partial charge in [0.1, 0.15) is 11.0 Å². The highest BCUT2D eigenvalue weighted by molar-refractivity contribution is 8.00. The molecule has 0 fully saturated rings. The quantitative estimate of drug-likeness (QED) is 0.347. The van der Waals surface area contributed by atoms with E-state index in [1.165, 1.54) is 30.5 Å². The predicted molar refractivity (Wildman–Crippen MR) is 110 cm³/mol. The summed E-state index contributed by atoms with van der Waals surface area (Å²) in [6.07, 6.45) is 1.28. The molecule has 0 aliphatic rings. The lowest BCUT2D eigenvalue weighted by Gasteiger charge is -2.10. The van der Waals surface area contributed by atoms with Gasteiger partial charge in [-0.3, -0.25) is 4.79 Å². The number of benzene rings is 2. The molecule has 0 saturated heterocycles. The van der Waals surface area contributed by atoms with Gasteiger partial charge in [0.15, 0.2) is 0 Å². The maximum absolute atomic E-state index is 14.1. The minimum Gasteiger partial charge on any atom is -0.326 e. The van der Waals surface area contributed by atoms with Crippen LogP contribution < -0.4 is 10.0 Å². The number of hydrogen-bond acceptors (Lipinski definition) is 4. The standard InChI is InChI=1S/C18H11Cl3FN3OS/c19-10-1-3-11(4-2-10)25-27-16-7-12(5-6-15(16)22)24-18(26)13-9-23-17(21)8-14(13)20/h1-9,25H,(H,24,26). The van der Waals surface area contributed by atoms with E-state index in [-0.39, 0.29) is 15.7 Å². The molecule has 138 valence electrons. The van der Waals surface area contributed by atoms with Crippen LogP contribution in [0.1, 0.15) is 10.4 Å². The number of carbonyl (C=O) groups excluding carboxylic acids is 1. The maximum atomic E-state index is 14.1. The van der Waals surface area contributed by atoms with Gasteiger partial charge in [-0.15, -0.1) is 0 Å². The molecule has 9 heteroatoms. The van der Waals surface area contributed by atoms with Crippen molar-refractivity contribution in [3.8, 4) is 0 Å². The Balaban J connectivity index is 1.72. The molecule has 0 aliphatic carbocycles. The third kappa shape index (κ3) is 5.26. The largest absolute Gasteiger partial charge is 0.326 e. The summed E-state index contributed by atoms with van der Waals surface area (Å²) in [5.74, 6) is -0.900. The Labute approximate surface area is 174 Å². The Morgan fingerprint density at radius 1 is 1.00 bits per heavy atom. The van der Waals surface area contributed by atoms with Crippen molar-refractivity contribution >= 4 is 64.0 Å². The number of halogens is 4. The fourth-order valence-electron chi connectivity index (χ4n) is 2.06. The minimum absolute atomic E-state index is 0.166. The first kappa shape index (κ1) is 19.8. The normalized spacial score (nSPS) is 10.5. The van der Waals surface area contributed by atoms with Gasteiger partial charge < -0.3 is 10.0 Å². The van der Waals surface area contributed by atoms with Crippen molar-refractivity contribution in [1.82, 2.24) is 4.98 Å². The number of amides is 1. The summed E-state index contributed by atoms with van der Waals surface area (Å²) in [5.41, 5.74) is 1.34. The van der Waals surface area contributed by atoms with Crippen molar-refractivity contribution in [2.24, 2.45) is 0 Å². The van der Waals surface area contributed by atoms with Crippen LogP contribution in [-0.4, -0.2) is 10.9 Å². The molecule has 1 heterocycles. The summed E-state index contributed by atoms with van der Waals surface area (Å²) >= 11 is 18.6. The van der Waals surface area contributed by atoms with Gasteiger partial charge in [-0.25, -0.2) is 9.37 Å². The third-order valence-corrected chi connectivity index (χ3v) is 5.02. The van der Waals surface area contributed by atoms with E-state index in [0.29, 0.717) is 15.6 Å². The van der Waals surface area contributed by atoms with Crippen molar-refractivity contribution in [3.63, 3.8) is 0 Å². The van der Waals surface area contributed by atoms with E-state index in [1.807, 2.05) is 0 Å². The molecule has 3 rings (SSSR count). The van der Waals surface area contributed by atoms with E-state index in [1.54, 1.807) is 24.3 Å². The van der Waals surface area contributed by atoms with E-state index < -0.39 is 11.7 Å². The molecule has 0 aliphatic heterocycles. The number of pyridine rings is 1. The van der Waals surface area contributed by atoms with E-state index in [0.717, 1.165) is 17.6 Å². The van der Waals surface area contributed by atoms with Crippen LogP contribution in [0.25, 0.3) is 0 Å². The third-order valence-electron chi connectivity index (χ3n) is 3.38. The van der Waals surface area contributed by atoms with Gasteiger partial charge in [0.05, 0.1) is 15.5 Å². The Kier molecular flexibility index (Phi) is 6.44. The van der Waals surface area contributed by atoms with Crippen LogP contribution >= 0.6 is 46.8 Å².